The predicted molar refractivity (Wildman–Crippen MR) is 136 cm³/mol. The molecule has 1 saturated carbocycles. The highest BCUT2D eigenvalue weighted by Crippen LogP contribution is 2.52. The van der Waals surface area contributed by atoms with Gasteiger partial charge in [0.15, 0.2) is 5.60 Å². The van der Waals surface area contributed by atoms with Gasteiger partial charge in [0.2, 0.25) is 5.91 Å². The maximum absolute atomic E-state index is 13.7. The van der Waals surface area contributed by atoms with Crippen molar-refractivity contribution in [3.8, 4) is 5.75 Å². The molecule has 1 atom stereocenters. The number of hydrogen-bond acceptors (Lipinski definition) is 6. The molecular weight excluding hydrogens is 466 g/mol. The molecule has 4 aromatic rings. The van der Waals surface area contributed by atoms with E-state index in [0.29, 0.717) is 31.7 Å². The summed E-state index contributed by atoms with van der Waals surface area (Å²) >= 11 is 0. The van der Waals surface area contributed by atoms with Gasteiger partial charge in [-0.25, -0.2) is 4.79 Å². The molecule has 184 valence electrons. The van der Waals surface area contributed by atoms with Gasteiger partial charge in [-0.15, -0.1) is 0 Å². The maximum atomic E-state index is 13.7. The van der Waals surface area contributed by atoms with Crippen LogP contribution in [-0.2, 0) is 27.2 Å². The minimum Gasteiger partial charge on any atom is -0.489 e. The van der Waals surface area contributed by atoms with Gasteiger partial charge in [-0.05, 0) is 48.7 Å². The first-order chi connectivity index (χ1) is 18.1. The van der Waals surface area contributed by atoms with E-state index in [1.165, 1.54) is 0 Å². The molecule has 1 saturated heterocycles. The zero-order chi connectivity index (χ0) is 25.0. The first-order valence-electron chi connectivity index (χ1n) is 12.6. The van der Waals surface area contributed by atoms with Crippen LogP contribution in [0.3, 0.4) is 0 Å². The van der Waals surface area contributed by atoms with Crippen molar-refractivity contribution >= 4 is 22.8 Å². The minimum atomic E-state index is -0.754. The summed E-state index contributed by atoms with van der Waals surface area (Å²) in [5.41, 5.74) is 3.13. The highest BCUT2D eigenvalue weighted by molar-refractivity contribution is 5.95. The largest absolute Gasteiger partial charge is 0.489 e. The molecule has 0 bridgehead atoms. The summed E-state index contributed by atoms with van der Waals surface area (Å²) < 4.78 is 11.9. The summed E-state index contributed by atoms with van der Waals surface area (Å²) in [4.78, 5) is 36.5. The van der Waals surface area contributed by atoms with Crippen molar-refractivity contribution in [2.24, 2.45) is 0 Å². The molecule has 37 heavy (non-hydrogen) atoms. The van der Waals surface area contributed by atoms with Crippen molar-refractivity contribution < 1.29 is 19.1 Å². The smallest absolute Gasteiger partial charge is 0.341 e. The van der Waals surface area contributed by atoms with Gasteiger partial charge in [0.05, 0.1) is 23.0 Å². The molecule has 1 amide bonds. The van der Waals surface area contributed by atoms with Crippen molar-refractivity contribution in [3.63, 3.8) is 0 Å². The number of para-hydroxylation sites is 1. The van der Waals surface area contributed by atoms with Gasteiger partial charge in [-0.2, -0.15) is 0 Å². The van der Waals surface area contributed by atoms with Crippen LogP contribution in [0, 0.1) is 0 Å². The van der Waals surface area contributed by atoms with Gasteiger partial charge in [-0.3, -0.25) is 14.8 Å². The standard InChI is InChI=1S/C30H25N3O4/c34-27-24-17-31-14-10-25(24)30(37-27)13-16-33(19-30)28(35)29(11-12-29)21-5-7-22(8-6-21)36-18-20-9-15-32-26-4-2-1-3-23(20)26/h1-10,14-15,17H,11-13,16,18-19H2. The summed E-state index contributed by atoms with van der Waals surface area (Å²) in [5.74, 6) is 0.518. The number of pyridine rings is 2. The number of amides is 1. The third-order valence-electron chi connectivity index (χ3n) is 8.04. The van der Waals surface area contributed by atoms with Gasteiger partial charge in [0.25, 0.3) is 0 Å². The Bertz CT molecular complexity index is 1540. The number of rotatable bonds is 5. The molecule has 0 N–H and O–H groups in total. The van der Waals surface area contributed by atoms with E-state index in [-0.39, 0.29) is 11.9 Å². The lowest BCUT2D eigenvalue weighted by Crippen LogP contribution is -2.40. The van der Waals surface area contributed by atoms with Gasteiger partial charge in [0.1, 0.15) is 12.4 Å². The Kier molecular flexibility index (Phi) is 4.83. The van der Waals surface area contributed by atoms with E-state index in [0.717, 1.165) is 46.2 Å². The topological polar surface area (TPSA) is 81.6 Å². The average molecular weight is 492 g/mol. The molecule has 1 aliphatic carbocycles. The first-order valence-corrected chi connectivity index (χ1v) is 12.6. The Labute approximate surface area is 214 Å². The van der Waals surface area contributed by atoms with Crippen molar-refractivity contribution in [2.45, 2.75) is 36.9 Å². The van der Waals surface area contributed by atoms with Crippen LogP contribution in [0.2, 0.25) is 0 Å². The number of ether oxygens (including phenoxy) is 2. The van der Waals surface area contributed by atoms with E-state index >= 15 is 0 Å². The summed E-state index contributed by atoms with van der Waals surface area (Å²) in [7, 11) is 0. The van der Waals surface area contributed by atoms with E-state index in [1.54, 1.807) is 18.6 Å². The number of nitrogens with zero attached hydrogens (tertiary/aromatic N) is 3. The van der Waals surface area contributed by atoms with Gasteiger partial charge in [-0.1, -0.05) is 30.3 Å². The van der Waals surface area contributed by atoms with Crippen LogP contribution in [-0.4, -0.2) is 39.8 Å². The quantitative estimate of drug-likeness (QED) is 0.382. The fourth-order valence-corrected chi connectivity index (χ4v) is 5.87. The number of hydrogen-bond donors (Lipinski definition) is 0. The van der Waals surface area contributed by atoms with E-state index in [4.69, 9.17) is 9.47 Å². The average Bonchev–Trinajstić information content (AvgIpc) is 3.57. The molecule has 7 rings (SSSR count). The van der Waals surface area contributed by atoms with Crippen LogP contribution >= 0.6 is 0 Å². The Balaban J connectivity index is 1.06. The number of carbonyl (C=O) groups is 2. The number of carbonyl (C=O) groups excluding carboxylic acids is 2. The van der Waals surface area contributed by atoms with E-state index in [9.17, 15) is 9.59 Å². The molecule has 1 unspecified atom stereocenters. The van der Waals surface area contributed by atoms with Crippen LogP contribution in [0.15, 0.2) is 79.3 Å². The van der Waals surface area contributed by atoms with E-state index < -0.39 is 11.0 Å². The highest BCUT2D eigenvalue weighted by Gasteiger charge is 2.57. The molecule has 4 heterocycles. The summed E-state index contributed by atoms with van der Waals surface area (Å²) in [6, 6.07) is 19.8. The number of fused-ring (bicyclic) bond motifs is 3. The molecule has 2 aromatic carbocycles. The fraction of sp³-hybridized carbons (Fsp3) is 0.267. The van der Waals surface area contributed by atoms with Gasteiger partial charge >= 0.3 is 5.97 Å². The Morgan fingerprint density at radius 3 is 2.68 bits per heavy atom. The minimum absolute atomic E-state index is 0.111. The fourth-order valence-electron chi connectivity index (χ4n) is 5.87. The normalized spacial score (nSPS) is 21.2. The Morgan fingerprint density at radius 1 is 1.00 bits per heavy atom. The van der Waals surface area contributed by atoms with Crippen LogP contribution in [0.1, 0.15) is 46.3 Å². The molecule has 0 radical (unpaired) electrons. The second kappa shape index (κ2) is 8.13. The van der Waals surface area contributed by atoms with Gasteiger partial charge in [0, 0.05) is 48.1 Å². The SMILES string of the molecule is O=C1OC2(CCN(C(=O)C3(c4ccc(OCc5ccnc6ccccc56)cc4)CC3)C2)c2ccncc21. The van der Waals surface area contributed by atoms with Gasteiger partial charge < -0.3 is 14.4 Å². The van der Waals surface area contributed by atoms with Crippen LogP contribution < -0.4 is 4.74 Å². The Hall–Kier alpha value is -4.26. The number of benzene rings is 2. The van der Waals surface area contributed by atoms with E-state index in [1.807, 2.05) is 59.5 Å². The highest BCUT2D eigenvalue weighted by atomic mass is 16.6. The zero-order valence-corrected chi connectivity index (χ0v) is 20.2. The molecule has 2 aromatic heterocycles. The first kappa shape index (κ1) is 22.0. The van der Waals surface area contributed by atoms with Crippen molar-refractivity contribution in [2.75, 3.05) is 13.1 Å². The number of likely N-dealkylation sites (tertiary alicyclic amines) is 1. The molecule has 2 fully saturated rings. The van der Waals surface area contributed by atoms with Crippen LogP contribution in [0.25, 0.3) is 10.9 Å². The van der Waals surface area contributed by atoms with Crippen molar-refractivity contribution in [1.29, 1.82) is 0 Å². The lowest BCUT2D eigenvalue weighted by molar-refractivity contribution is -0.134. The molecule has 7 heteroatoms. The monoisotopic (exact) mass is 491 g/mol. The third-order valence-corrected chi connectivity index (χ3v) is 8.04. The predicted octanol–water partition coefficient (Wildman–Crippen LogP) is 4.54. The molecule has 3 aliphatic rings. The molecule has 7 nitrogen and oxygen atoms in total. The lowest BCUT2D eigenvalue weighted by atomic mass is 9.92. The maximum Gasteiger partial charge on any atom is 0.341 e. The summed E-state index contributed by atoms with van der Waals surface area (Å²) in [6.45, 7) is 1.39. The zero-order valence-electron chi connectivity index (χ0n) is 20.2. The molecule has 2 aliphatic heterocycles. The molecular formula is C30H25N3O4. The second-order valence-electron chi connectivity index (χ2n) is 10.2. The van der Waals surface area contributed by atoms with Crippen molar-refractivity contribution in [1.82, 2.24) is 14.9 Å². The number of aromatic nitrogens is 2. The Morgan fingerprint density at radius 2 is 1.84 bits per heavy atom. The second-order valence-corrected chi connectivity index (χ2v) is 10.2. The third kappa shape index (κ3) is 3.49. The van der Waals surface area contributed by atoms with Crippen molar-refractivity contribution in [3.05, 3.63) is 102 Å². The van der Waals surface area contributed by atoms with Crippen LogP contribution in [0.5, 0.6) is 5.75 Å². The summed E-state index contributed by atoms with van der Waals surface area (Å²) in [5, 5.41) is 1.08. The summed E-state index contributed by atoms with van der Waals surface area (Å²) in [6.07, 6.45) is 7.28. The molecule has 1 spiro atoms. The van der Waals surface area contributed by atoms with Crippen LogP contribution in [0.4, 0.5) is 0 Å². The van der Waals surface area contributed by atoms with E-state index in [2.05, 4.69) is 16.0 Å². The number of esters is 1. The lowest BCUT2D eigenvalue weighted by Gasteiger charge is -2.27.